The molecule has 3 N–H and O–H groups in total. The Bertz CT molecular complexity index is 380. The molecule has 1 atom stereocenters. The van der Waals surface area contributed by atoms with E-state index in [1.54, 1.807) is 6.92 Å². The molecule has 1 rings (SSSR count). The number of nitrogens with one attached hydrogen (secondary N) is 2. The van der Waals surface area contributed by atoms with Gasteiger partial charge < -0.3 is 0 Å². The molecular weight excluding hydrogens is 251 g/mol. The topological polar surface area (TPSA) is 70.6 Å². The van der Waals surface area contributed by atoms with Crippen LogP contribution in [-0.4, -0.2) is 63.4 Å². The van der Waals surface area contributed by atoms with Gasteiger partial charge in [0, 0.05) is 0 Å². The van der Waals surface area contributed by atoms with Crippen molar-refractivity contribution in [2.24, 2.45) is 0 Å². The monoisotopic (exact) mass is 270 g/mol. The molecule has 20 heavy (non-hydrogen) atoms. The van der Waals surface area contributed by atoms with Gasteiger partial charge in [0.05, 0.1) is 0 Å². The van der Waals surface area contributed by atoms with Crippen LogP contribution in [0.2, 0.25) is 0 Å². The molecule has 1 aliphatic heterocycles. The summed E-state index contributed by atoms with van der Waals surface area (Å²) in [6.45, 7) is 3.99. The Morgan fingerprint density at radius 2 is 2.00 bits per heavy atom. The molecule has 1 heterocycles. The van der Waals surface area contributed by atoms with Crippen molar-refractivity contribution in [3.8, 4) is 0 Å². The van der Waals surface area contributed by atoms with Crippen molar-refractivity contribution in [3.63, 3.8) is 0 Å². The van der Waals surface area contributed by atoms with Gasteiger partial charge in [0.1, 0.15) is 0 Å². The first-order valence-corrected chi connectivity index (χ1v) is 6.92. The first kappa shape index (κ1) is 17.2. The van der Waals surface area contributed by atoms with Gasteiger partial charge in [-0.2, -0.15) is 0 Å². The summed E-state index contributed by atoms with van der Waals surface area (Å²) in [6, 6.07) is 0.114. The summed E-state index contributed by atoms with van der Waals surface area (Å²) >= 11 is 0. The van der Waals surface area contributed by atoms with E-state index < -0.39 is 6.09 Å². The molecule has 1 amide bonds. The number of carbonyl (C=O) groups excluding carboxylic acids is 1. The van der Waals surface area contributed by atoms with Crippen LogP contribution in [0.5, 0.6) is 0 Å². The third-order valence-electron chi connectivity index (χ3n) is 3.31. The van der Waals surface area contributed by atoms with Gasteiger partial charge in [-0.1, -0.05) is 0 Å². The second-order valence-electron chi connectivity index (χ2n) is 4.83. The Morgan fingerprint density at radius 1 is 1.30 bits per heavy atom. The number of amides is 1. The van der Waals surface area contributed by atoms with Crippen LogP contribution in [-0.2, 0) is 4.89 Å². The van der Waals surface area contributed by atoms with Crippen molar-refractivity contribution in [1.82, 2.24) is 10.6 Å². The molecule has 9 heteroatoms. The van der Waals surface area contributed by atoms with E-state index in [-0.39, 0.29) is 11.5 Å². The van der Waals surface area contributed by atoms with Crippen LogP contribution in [0, 0.1) is 0 Å². The molecule has 5 nitrogen and oxygen atoms in total. The van der Waals surface area contributed by atoms with Crippen LogP contribution < -0.4 is 10.6 Å². The fraction of sp³-hybridized carbons (Fsp3) is 0.727. The zero-order valence-corrected chi connectivity index (χ0v) is 11.6. The molecule has 1 fully saturated rings. The van der Waals surface area contributed by atoms with Gasteiger partial charge in [-0.25, -0.2) is 0 Å². The Kier molecular flexibility index (Phi) is 8.62. The SMILES string of the molecule is [B]=BC(=BC(=[B])NC(=O)OO)C1CCCCCCCN1. The number of hydrogen-bond donors (Lipinski definition) is 3. The predicted octanol–water partition coefficient (Wildman–Crippen LogP) is -0.624. The maximum absolute atomic E-state index is 10.8. The van der Waals surface area contributed by atoms with Crippen molar-refractivity contribution in [2.75, 3.05) is 6.54 Å². The average Bonchev–Trinajstić information content (AvgIpc) is 2.58. The standard InChI is InChI=1S/C11H18B4N2O3/c12-10(17-11(18)20-19)14-9(15-13)8-6-4-2-1-3-5-7-16-8/h8,16,19H,1-7H2,(H,17,18). The molecule has 2 radical (unpaired) electrons. The summed E-state index contributed by atoms with van der Waals surface area (Å²) in [5.74, 6) is 0. The van der Waals surface area contributed by atoms with Crippen molar-refractivity contribution in [2.45, 2.75) is 44.6 Å². The van der Waals surface area contributed by atoms with Gasteiger partial charge >= 0.3 is 122 Å². The quantitative estimate of drug-likeness (QED) is 0.361. The van der Waals surface area contributed by atoms with Gasteiger partial charge in [0.25, 0.3) is 0 Å². The molecule has 1 aliphatic rings. The van der Waals surface area contributed by atoms with Crippen LogP contribution in [0.4, 0.5) is 4.79 Å². The van der Waals surface area contributed by atoms with E-state index in [4.69, 9.17) is 20.1 Å². The van der Waals surface area contributed by atoms with E-state index in [1.807, 2.05) is 0 Å². The van der Waals surface area contributed by atoms with Gasteiger partial charge in [-0.15, -0.1) is 0 Å². The Balaban J connectivity index is 2.67. The zero-order valence-electron chi connectivity index (χ0n) is 11.6. The van der Waals surface area contributed by atoms with Gasteiger partial charge in [0.2, 0.25) is 0 Å². The van der Waals surface area contributed by atoms with E-state index in [9.17, 15) is 4.79 Å². The molecule has 0 saturated carbocycles. The average molecular weight is 270 g/mol. The van der Waals surface area contributed by atoms with Crippen molar-refractivity contribution >= 4 is 45.5 Å². The molecule has 1 saturated heterocycles. The van der Waals surface area contributed by atoms with Crippen LogP contribution in [0.3, 0.4) is 0 Å². The molecular formula is C11H18B4N2O3. The van der Waals surface area contributed by atoms with Crippen molar-refractivity contribution in [3.05, 3.63) is 0 Å². The predicted molar refractivity (Wildman–Crippen MR) is 84.8 cm³/mol. The minimum absolute atomic E-state index is 0.0717. The van der Waals surface area contributed by atoms with Crippen LogP contribution in [0.15, 0.2) is 0 Å². The van der Waals surface area contributed by atoms with E-state index >= 15 is 0 Å². The molecule has 102 valence electrons. The fourth-order valence-corrected chi connectivity index (χ4v) is 2.29. The molecule has 0 spiro atoms. The van der Waals surface area contributed by atoms with Gasteiger partial charge in [0.15, 0.2) is 0 Å². The fourth-order valence-electron chi connectivity index (χ4n) is 2.29. The van der Waals surface area contributed by atoms with Crippen LogP contribution in [0.25, 0.3) is 0 Å². The van der Waals surface area contributed by atoms with Crippen LogP contribution >= 0.6 is 0 Å². The first-order valence-electron chi connectivity index (χ1n) is 6.92. The van der Waals surface area contributed by atoms with Gasteiger partial charge in [-0.05, 0) is 0 Å². The molecule has 0 aromatic rings. The van der Waals surface area contributed by atoms with Gasteiger partial charge in [-0.3, -0.25) is 0 Å². The summed E-state index contributed by atoms with van der Waals surface area (Å²) in [7, 11) is 11.3. The second-order valence-corrected chi connectivity index (χ2v) is 4.83. The second kappa shape index (κ2) is 9.99. The van der Waals surface area contributed by atoms with Crippen molar-refractivity contribution < 1.29 is 14.9 Å². The van der Waals surface area contributed by atoms with Crippen LogP contribution in [0.1, 0.15) is 38.5 Å². The molecule has 0 aromatic heterocycles. The summed E-state index contributed by atoms with van der Waals surface area (Å²) in [5, 5.41) is 14.6. The summed E-state index contributed by atoms with van der Waals surface area (Å²) in [4.78, 5) is 14.3. The third-order valence-corrected chi connectivity index (χ3v) is 3.31. The Hall–Kier alpha value is -0.810. The first-order chi connectivity index (χ1) is 9.67. The summed E-state index contributed by atoms with van der Waals surface area (Å²) in [5.41, 5.74) is 0.0717. The normalized spacial score (nSPS) is 20.4. The summed E-state index contributed by atoms with van der Waals surface area (Å²) in [6.07, 6.45) is 5.91. The molecule has 0 bridgehead atoms. The Morgan fingerprint density at radius 3 is 2.70 bits per heavy atom. The third kappa shape index (κ3) is 6.57. The number of rotatable bonds is 4. The maximum atomic E-state index is 10.8. The van der Waals surface area contributed by atoms with E-state index in [0.717, 1.165) is 31.2 Å². The molecule has 1 unspecified atom stereocenters. The van der Waals surface area contributed by atoms with E-state index in [1.165, 1.54) is 26.1 Å². The summed E-state index contributed by atoms with van der Waals surface area (Å²) < 4.78 is 0. The Labute approximate surface area is 123 Å². The number of hydrogen-bond acceptors (Lipinski definition) is 4. The molecule has 0 aromatic carbocycles. The van der Waals surface area contributed by atoms with Crippen molar-refractivity contribution in [1.29, 1.82) is 0 Å². The van der Waals surface area contributed by atoms with E-state index in [2.05, 4.69) is 15.5 Å². The zero-order chi connectivity index (χ0) is 14.8. The molecule has 0 aliphatic carbocycles. The minimum atomic E-state index is -1.03. The van der Waals surface area contributed by atoms with E-state index in [0.29, 0.717) is 0 Å². The number of carbonyl (C=O) groups is 1.